The summed E-state index contributed by atoms with van der Waals surface area (Å²) >= 11 is 4.52. The molecule has 0 unspecified atom stereocenters. The molecule has 2 N–H and O–H groups in total. The van der Waals surface area contributed by atoms with Crippen LogP contribution < -0.4 is 5.32 Å². The summed E-state index contributed by atoms with van der Waals surface area (Å²) in [4.78, 5) is 10.9. The van der Waals surface area contributed by atoms with Gasteiger partial charge in [-0.1, -0.05) is 11.3 Å². The van der Waals surface area contributed by atoms with E-state index in [9.17, 15) is 4.79 Å². The van der Waals surface area contributed by atoms with Crippen LogP contribution in [-0.2, 0) is 0 Å². The van der Waals surface area contributed by atoms with E-state index in [-0.39, 0.29) is 5.56 Å². The zero-order valence-corrected chi connectivity index (χ0v) is 10.2. The normalized spacial score (nSPS) is 10.1. The van der Waals surface area contributed by atoms with Gasteiger partial charge in [-0.25, -0.2) is 4.79 Å². The molecular weight excluding hydrogens is 294 g/mol. The van der Waals surface area contributed by atoms with Crippen LogP contribution in [0.15, 0.2) is 28.2 Å². The summed E-state index contributed by atoms with van der Waals surface area (Å²) in [5.74, 6) is -0.979. The van der Waals surface area contributed by atoms with Crippen LogP contribution in [0.2, 0.25) is 0 Å². The van der Waals surface area contributed by atoms with E-state index in [1.54, 1.807) is 17.6 Å². The number of anilines is 2. The molecule has 1 aromatic carbocycles. The minimum Gasteiger partial charge on any atom is -0.478 e. The van der Waals surface area contributed by atoms with Gasteiger partial charge < -0.3 is 10.4 Å². The summed E-state index contributed by atoms with van der Waals surface area (Å²) in [6.45, 7) is 0. The first-order valence-corrected chi connectivity index (χ1v) is 5.90. The number of carboxylic acid groups (broad SMARTS) is 1. The van der Waals surface area contributed by atoms with Crippen molar-refractivity contribution in [2.45, 2.75) is 0 Å². The predicted octanol–water partition coefficient (Wildman–Crippen LogP) is 2.74. The van der Waals surface area contributed by atoms with Crippen molar-refractivity contribution in [1.29, 1.82) is 0 Å². The molecule has 1 heterocycles. The van der Waals surface area contributed by atoms with Crippen molar-refractivity contribution in [2.75, 3.05) is 5.32 Å². The fourth-order valence-electron chi connectivity index (χ4n) is 1.12. The third-order valence-corrected chi connectivity index (χ3v) is 3.11. The number of hydrogen-bond donors (Lipinski definition) is 2. The number of nitrogens with zero attached hydrogens (tertiary/aromatic N) is 2. The first kappa shape index (κ1) is 11.0. The molecule has 0 radical (unpaired) electrons. The lowest BCUT2D eigenvalue weighted by Gasteiger charge is -2.04. The monoisotopic (exact) mass is 299 g/mol. The van der Waals surface area contributed by atoms with E-state index >= 15 is 0 Å². The molecule has 0 bridgehead atoms. The number of carboxylic acids is 1. The van der Waals surface area contributed by atoms with Gasteiger partial charge in [0.25, 0.3) is 0 Å². The maximum atomic E-state index is 10.9. The third-order valence-electron chi connectivity index (χ3n) is 1.81. The van der Waals surface area contributed by atoms with Gasteiger partial charge in [0.05, 0.1) is 5.56 Å². The second-order valence-electron chi connectivity index (χ2n) is 2.87. The van der Waals surface area contributed by atoms with Crippen LogP contribution in [0.25, 0.3) is 0 Å². The van der Waals surface area contributed by atoms with Crippen LogP contribution >= 0.6 is 27.3 Å². The molecule has 0 aliphatic carbocycles. The van der Waals surface area contributed by atoms with Crippen LogP contribution in [-0.4, -0.2) is 21.3 Å². The molecule has 0 aliphatic heterocycles. The van der Waals surface area contributed by atoms with Gasteiger partial charge in [-0.3, -0.25) is 0 Å². The largest absolute Gasteiger partial charge is 0.478 e. The first-order chi connectivity index (χ1) is 7.66. The lowest BCUT2D eigenvalue weighted by Crippen LogP contribution is -1.99. The summed E-state index contributed by atoms with van der Waals surface area (Å²) in [5.41, 5.74) is 2.46. The van der Waals surface area contributed by atoms with E-state index in [4.69, 9.17) is 5.11 Å². The zero-order chi connectivity index (χ0) is 11.5. The Labute approximate surface area is 103 Å². The van der Waals surface area contributed by atoms with E-state index in [0.717, 1.165) is 0 Å². The molecule has 0 amide bonds. The lowest BCUT2D eigenvalue weighted by molar-refractivity contribution is 0.0696. The topological polar surface area (TPSA) is 75.1 Å². The SMILES string of the molecule is O=C(O)c1cc(Nc2nncs2)ccc1Br. The number of aromatic carboxylic acids is 1. The molecule has 82 valence electrons. The van der Waals surface area contributed by atoms with E-state index in [1.165, 1.54) is 17.4 Å². The number of halogens is 1. The van der Waals surface area contributed by atoms with Gasteiger partial charge in [-0.05, 0) is 34.1 Å². The molecule has 0 spiro atoms. The maximum absolute atomic E-state index is 10.9. The smallest absolute Gasteiger partial charge is 0.336 e. The van der Waals surface area contributed by atoms with Crippen molar-refractivity contribution in [3.63, 3.8) is 0 Å². The summed E-state index contributed by atoms with van der Waals surface area (Å²) in [6.07, 6.45) is 0. The second-order valence-corrected chi connectivity index (χ2v) is 4.56. The summed E-state index contributed by atoms with van der Waals surface area (Å²) in [7, 11) is 0. The van der Waals surface area contributed by atoms with Gasteiger partial charge in [0.15, 0.2) is 0 Å². The Morgan fingerprint density at radius 1 is 1.50 bits per heavy atom. The van der Waals surface area contributed by atoms with Gasteiger partial charge in [0.1, 0.15) is 5.51 Å². The molecule has 0 fully saturated rings. The minimum atomic E-state index is -0.979. The zero-order valence-electron chi connectivity index (χ0n) is 7.85. The standard InChI is InChI=1S/C9H6BrN3O2S/c10-7-2-1-5(3-6(7)8(14)15)12-9-13-11-4-16-9/h1-4H,(H,12,13)(H,14,15). The molecule has 0 saturated heterocycles. The molecule has 7 heteroatoms. The molecule has 0 atom stereocenters. The molecule has 2 rings (SSSR count). The van der Waals surface area contributed by atoms with Crippen LogP contribution in [0.1, 0.15) is 10.4 Å². The molecule has 2 aromatic rings. The minimum absolute atomic E-state index is 0.203. The predicted molar refractivity (Wildman–Crippen MR) is 64.3 cm³/mol. The summed E-state index contributed by atoms with van der Waals surface area (Å²) < 4.78 is 0.544. The number of aromatic nitrogens is 2. The quantitative estimate of drug-likeness (QED) is 0.911. The van der Waals surface area contributed by atoms with Crippen molar-refractivity contribution < 1.29 is 9.90 Å². The Kier molecular flexibility index (Phi) is 3.16. The number of benzene rings is 1. The van der Waals surface area contributed by atoms with E-state index in [2.05, 4.69) is 31.4 Å². The Morgan fingerprint density at radius 2 is 2.31 bits per heavy atom. The van der Waals surface area contributed by atoms with E-state index in [0.29, 0.717) is 15.3 Å². The summed E-state index contributed by atoms with van der Waals surface area (Å²) in [5, 5.41) is 20.0. The lowest BCUT2D eigenvalue weighted by atomic mass is 10.2. The molecule has 16 heavy (non-hydrogen) atoms. The number of rotatable bonds is 3. The highest BCUT2D eigenvalue weighted by Crippen LogP contribution is 2.24. The molecule has 1 aromatic heterocycles. The van der Waals surface area contributed by atoms with E-state index in [1.807, 2.05) is 0 Å². The Morgan fingerprint density at radius 3 is 2.94 bits per heavy atom. The maximum Gasteiger partial charge on any atom is 0.336 e. The van der Waals surface area contributed by atoms with E-state index < -0.39 is 5.97 Å². The van der Waals surface area contributed by atoms with Crippen molar-refractivity contribution in [2.24, 2.45) is 0 Å². The van der Waals surface area contributed by atoms with Crippen molar-refractivity contribution >= 4 is 44.1 Å². The highest BCUT2D eigenvalue weighted by Gasteiger charge is 2.09. The number of hydrogen-bond acceptors (Lipinski definition) is 5. The first-order valence-electron chi connectivity index (χ1n) is 4.23. The highest BCUT2D eigenvalue weighted by molar-refractivity contribution is 9.10. The molecular formula is C9H6BrN3O2S. The Hall–Kier alpha value is -1.47. The van der Waals surface area contributed by atoms with Gasteiger partial charge in [0.2, 0.25) is 5.13 Å². The average Bonchev–Trinajstić information content (AvgIpc) is 2.73. The van der Waals surface area contributed by atoms with Crippen LogP contribution in [0, 0.1) is 0 Å². The van der Waals surface area contributed by atoms with Crippen LogP contribution in [0.3, 0.4) is 0 Å². The third kappa shape index (κ3) is 2.37. The fourth-order valence-corrected chi connectivity index (χ4v) is 2.00. The molecule has 5 nitrogen and oxygen atoms in total. The highest BCUT2D eigenvalue weighted by atomic mass is 79.9. The number of nitrogens with one attached hydrogen (secondary N) is 1. The van der Waals surface area contributed by atoms with Crippen LogP contribution in [0.5, 0.6) is 0 Å². The Balaban J connectivity index is 2.29. The van der Waals surface area contributed by atoms with Crippen molar-refractivity contribution in [3.05, 3.63) is 33.7 Å². The van der Waals surface area contributed by atoms with Gasteiger partial charge in [-0.15, -0.1) is 10.2 Å². The van der Waals surface area contributed by atoms with Gasteiger partial charge >= 0.3 is 5.97 Å². The number of carbonyl (C=O) groups is 1. The van der Waals surface area contributed by atoms with Crippen LogP contribution in [0.4, 0.5) is 10.8 Å². The molecule has 0 saturated carbocycles. The van der Waals surface area contributed by atoms with Gasteiger partial charge in [0, 0.05) is 10.2 Å². The van der Waals surface area contributed by atoms with Crippen molar-refractivity contribution in [3.8, 4) is 0 Å². The fraction of sp³-hybridized carbons (Fsp3) is 0. The second kappa shape index (κ2) is 4.58. The molecule has 0 aliphatic rings. The Bertz CT molecular complexity index is 515. The van der Waals surface area contributed by atoms with Gasteiger partial charge in [-0.2, -0.15) is 0 Å². The van der Waals surface area contributed by atoms with Crippen molar-refractivity contribution in [1.82, 2.24) is 10.2 Å². The average molecular weight is 300 g/mol. The summed E-state index contributed by atoms with van der Waals surface area (Å²) in [6, 6.07) is 4.97.